The van der Waals surface area contributed by atoms with Crippen molar-refractivity contribution in [2.75, 3.05) is 0 Å². The summed E-state index contributed by atoms with van der Waals surface area (Å²) in [6, 6.07) is 0. The molecule has 1 aliphatic carbocycles. The molecule has 0 radical (unpaired) electrons. The molecule has 14 heavy (non-hydrogen) atoms. The highest BCUT2D eigenvalue weighted by Gasteiger charge is 2.30. The van der Waals surface area contributed by atoms with Crippen molar-refractivity contribution in [1.82, 2.24) is 0 Å². The first-order chi connectivity index (χ1) is 6.61. The summed E-state index contributed by atoms with van der Waals surface area (Å²) in [5.74, 6) is -2.34. The molecule has 0 bridgehead atoms. The number of carboxylic acids is 2. The third kappa shape index (κ3) is 3.01. The lowest BCUT2D eigenvalue weighted by Crippen LogP contribution is -2.24. The molecule has 80 valence electrons. The van der Waals surface area contributed by atoms with Crippen molar-refractivity contribution in [2.24, 2.45) is 11.8 Å². The van der Waals surface area contributed by atoms with Crippen LogP contribution in [0.15, 0.2) is 0 Å². The van der Waals surface area contributed by atoms with Gasteiger partial charge in [0.2, 0.25) is 0 Å². The van der Waals surface area contributed by atoms with Crippen LogP contribution in [0, 0.1) is 11.8 Å². The molecule has 1 fully saturated rings. The molecule has 0 spiro atoms. The third-order valence-corrected chi connectivity index (χ3v) is 2.91. The minimum Gasteiger partial charge on any atom is -0.481 e. The lowest BCUT2D eigenvalue weighted by atomic mass is 9.85. The Balaban J connectivity index is 2.63. The topological polar surface area (TPSA) is 74.6 Å². The zero-order valence-electron chi connectivity index (χ0n) is 8.11. The van der Waals surface area contributed by atoms with Crippen LogP contribution >= 0.6 is 0 Å². The quantitative estimate of drug-likeness (QED) is 0.680. The largest absolute Gasteiger partial charge is 0.481 e. The van der Waals surface area contributed by atoms with Crippen molar-refractivity contribution in [3.8, 4) is 0 Å². The molecule has 1 aliphatic rings. The van der Waals surface area contributed by atoms with Crippen LogP contribution in [0.3, 0.4) is 0 Å². The van der Waals surface area contributed by atoms with Crippen LogP contribution in [0.4, 0.5) is 0 Å². The Kier molecular flexibility index (Phi) is 3.92. The van der Waals surface area contributed by atoms with E-state index in [0.29, 0.717) is 6.42 Å². The van der Waals surface area contributed by atoms with Crippen LogP contribution in [0.1, 0.15) is 38.5 Å². The standard InChI is InChI=1S/C10H16O4/c11-9(12)6-7-4-2-1-3-5-8(7)10(13)14/h7-8H,1-6H2,(H,11,12)(H,13,14). The molecule has 0 aliphatic heterocycles. The molecule has 1 rings (SSSR count). The Hall–Kier alpha value is -1.06. The Morgan fingerprint density at radius 1 is 1.07 bits per heavy atom. The van der Waals surface area contributed by atoms with Gasteiger partial charge in [-0.25, -0.2) is 0 Å². The van der Waals surface area contributed by atoms with Crippen LogP contribution in [-0.2, 0) is 9.59 Å². The number of carboxylic acid groups (broad SMARTS) is 2. The molecule has 0 aromatic heterocycles. The van der Waals surface area contributed by atoms with E-state index in [4.69, 9.17) is 10.2 Å². The van der Waals surface area contributed by atoms with Gasteiger partial charge in [-0.1, -0.05) is 19.3 Å². The highest BCUT2D eigenvalue weighted by molar-refractivity contribution is 5.73. The maximum Gasteiger partial charge on any atom is 0.306 e. The second-order valence-electron chi connectivity index (χ2n) is 3.94. The molecular weight excluding hydrogens is 184 g/mol. The fourth-order valence-electron chi connectivity index (χ4n) is 2.18. The zero-order chi connectivity index (χ0) is 10.6. The molecule has 2 unspecified atom stereocenters. The van der Waals surface area contributed by atoms with E-state index in [0.717, 1.165) is 25.7 Å². The summed E-state index contributed by atoms with van der Waals surface area (Å²) in [5.41, 5.74) is 0. The summed E-state index contributed by atoms with van der Waals surface area (Å²) in [6.07, 6.45) is 4.27. The Labute approximate surface area is 82.9 Å². The number of hydrogen-bond acceptors (Lipinski definition) is 2. The minimum atomic E-state index is -0.886. The lowest BCUT2D eigenvalue weighted by molar-refractivity contribution is -0.145. The van der Waals surface area contributed by atoms with Crippen LogP contribution in [0.2, 0.25) is 0 Å². The van der Waals surface area contributed by atoms with Gasteiger partial charge in [-0.05, 0) is 18.8 Å². The Bertz CT molecular complexity index is 224. The van der Waals surface area contributed by atoms with Crippen molar-refractivity contribution in [3.05, 3.63) is 0 Å². The molecule has 2 N–H and O–H groups in total. The SMILES string of the molecule is O=C(O)CC1CCCCCC1C(=O)O. The Morgan fingerprint density at radius 3 is 2.29 bits per heavy atom. The summed E-state index contributed by atoms with van der Waals surface area (Å²) in [6.45, 7) is 0. The third-order valence-electron chi connectivity index (χ3n) is 2.91. The molecule has 1 saturated carbocycles. The van der Waals surface area contributed by atoms with Crippen molar-refractivity contribution in [1.29, 1.82) is 0 Å². The van der Waals surface area contributed by atoms with E-state index < -0.39 is 17.9 Å². The highest BCUT2D eigenvalue weighted by Crippen LogP contribution is 2.31. The van der Waals surface area contributed by atoms with Crippen molar-refractivity contribution in [3.63, 3.8) is 0 Å². The average Bonchev–Trinajstić information content (AvgIpc) is 2.28. The maximum atomic E-state index is 10.9. The summed E-state index contributed by atoms with van der Waals surface area (Å²) >= 11 is 0. The predicted molar refractivity (Wildman–Crippen MR) is 50.0 cm³/mol. The van der Waals surface area contributed by atoms with E-state index in [1.165, 1.54) is 0 Å². The van der Waals surface area contributed by atoms with Gasteiger partial charge in [0.15, 0.2) is 0 Å². The number of hydrogen-bond donors (Lipinski definition) is 2. The first-order valence-corrected chi connectivity index (χ1v) is 5.06. The van der Waals surface area contributed by atoms with Gasteiger partial charge >= 0.3 is 11.9 Å². The van der Waals surface area contributed by atoms with Gasteiger partial charge in [0, 0.05) is 6.42 Å². The average molecular weight is 200 g/mol. The maximum absolute atomic E-state index is 10.9. The molecule has 0 heterocycles. The van der Waals surface area contributed by atoms with Crippen molar-refractivity contribution < 1.29 is 19.8 Å². The van der Waals surface area contributed by atoms with E-state index in [1.54, 1.807) is 0 Å². The van der Waals surface area contributed by atoms with Crippen LogP contribution < -0.4 is 0 Å². The van der Waals surface area contributed by atoms with Gasteiger partial charge in [0.05, 0.1) is 5.92 Å². The van der Waals surface area contributed by atoms with Gasteiger partial charge in [0.25, 0.3) is 0 Å². The summed E-state index contributed by atoms with van der Waals surface area (Å²) in [4.78, 5) is 21.5. The molecule has 4 heteroatoms. The van der Waals surface area contributed by atoms with Gasteiger partial charge < -0.3 is 10.2 Å². The molecule has 0 aromatic rings. The number of rotatable bonds is 3. The smallest absolute Gasteiger partial charge is 0.306 e. The monoisotopic (exact) mass is 200 g/mol. The van der Waals surface area contributed by atoms with E-state index in [9.17, 15) is 9.59 Å². The molecule has 0 saturated heterocycles. The van der Waals surface area contributed by atoms with Gasteiger partial charge in [0.1, 0.15) is 0 Å². The van der Waals surface area contributed by atoms with E-state index in [1.807, 2.05) is 0 Å². The summed E-state index contributed by atoms with van der Waals surface area (Å²) in [7, 11) is 0. The minimum absolute atomic E-state index is 0.00301. The van der Waals surface area contributed by atoms with Gasteiger partial charge in [-0.2, -0.15) is 0 Å². The fraction of sp³-hybridized carbons (Fsp3) is 0.800. The van der Waals surface area contributed by atoms with Crippen LogP contribution in [0.25, 0.3) is 0 Å². The predicted octanol–water partition coefficient (Wildman–Crippen LogP) is 1.74. The first kappa shape index (κ1) is 11.0. The van der Waals surface area contributed by atoms with Gasteiger partial charge in [-0.15, -0.1) is 0 Å². The molecule has 0 amide bonds. The second-order valence-corrected chi connectivity index (χ2v) is 3.94. The summed E-state index contributed by atoms with van der Waals surface area (Å²) in [5, 5.41) is 17.6. The van der Waals surface area contributed by atoms with E-state index in [2.05, 4.69) is 0 Å². The fourth-order valence-corrected chi connectivity index (χ4v) is 2.18. The zero-order valence-corrected chi connectivity index (χ0v) is 8.11. The number of carbonyl (C=O) groups is 2. The van der Waals surface area contributed by atoms with Crippen molar-refractivity contribution in [2.45, 2.75) is 38.5 Å². The highest BCUT2D eigenvalue weighted by atomic mass is 16.4. The Morgan fingerprint density at radius 2 is 1.71 bits per heavy atom. The summed E-state index contributed by atoms with van der Waals surface area (Å²) < 4.78 is 0. The van der Waals surface area contributed by atoms with E-state index >= 15 is 0 Å². The van der Waals surface area contributed by atoms with Crippen molar-refractivity contribution >= 4 is 11.9 Å². The lowest BCUT2D eigenvalue weighted by Gasteiger charge is -2.19. The van der Waals surface area contributed by atoms with Crippen LogP contribution in [-0.4, -0.2) is 22.2 Å². The molecular formula is C10H16O4. The number of aliphatic carboxylic acids is 2. The van der Waals surface area contributed by atoms with E-state index in [-0.39, 0.29) is 12.3 Å². The molecule has 0 aromatic carbocycles. The second kappa shape index (κ2) is 4.98. The van der Waals surface area contributed by atoms with Crippen LogP contribution in [0.5, 0.6) is 0 Å². The first-order valence-electron chi connectivity index (χ1n) is 5.06. The normalized spacial score (nSPS) is 28.0. The molecule has 4 nitrogen and oxygen atoms in total. The van der Waals surface area contributed by atoms with Gasteiger partial charge in [-0.3, -0.25) is 9.59 Å². The molecule has 2 atom stereocenters.